The number of anilines is 1. The maximum absolute atomic E-state index is 13.0. The Morgan fingerprint density at radius 2 is 2.03 bits per heavy atom. The van der Waals surface area contributed by atoms with Crippen LogP contribution in [0.5, 0.6) is 5.75 Å². The van der Waals surface area contributed by atoms with Crippen LogP contribution in [0.1, 0.15) is 16.8 Å². The predicted molar refractivity (Wildman–Crippen MR) is 121 cm³/mol. The summed E-state index contributed by atoms with van der Waals surface area (Å²) in [5.41, 5.74) is 2.83. The third-order valence-electron chi connectivity index (χ3n) is 5.18. The molecule has 32 heavy (non-hydrogen) atoms. The van der Waals surface area contributed by atoms with Crippen LogP contribution in [-0.4, -0.2) is 40.2 Å². The average molecular weight is 455 g/mol. The Morgan fingerprint density at radius 1 is 1.25 bits per heavy atom. The van der Waals surface area contributed by atoms with Crippen LogP contribution in [0.2, 0.25) is 0 Å². The number of hydrogen-bond donors (Lipinski definition) is 2. The Morgan fingerprint density at radius 3 is 2.81 bits per heavy atom. The van der Waals surface area contributed by atoms with Gasteiger partial charge in [-0.25, -0.2) is 9.37 Å². The summed E-state index contributed by atoms with van der Waals surface area (Å²) in [4.78, 5) is 34.4. The third kappa shape index (κ3) is 5.35. The maximum Gasteiger partial charge on any atom is 0.256 e. The van der Waals surface area contributed by atoms with Crippen LogP contribution >= 0.6 is 11.8 Å². The number of thioether (sulfide) groups is 1. The van der Waals surface area contributed by atoms with E-state index in [0.29, 0.717) is 35.9 Å². The Labute approximate surface area is 189 Å². The van der Waals surface area contributed by atoms with Crippen molar-refractivity contribution in [3.8, 4) is 5.75 Å². The molecule has 0 saturated heterocycles. The molecule has 1 amide bonds. The predicted octanol–water partition coefficient (Wildman–Crippen LogP) is 3.21. The number of aromatic amines is 1. The van der Waals surface area contributed by atoms with E-state index in [1.807, 2.05) is 24.3 Å². The van der Waals surface area contributed by atoms with Crippen LogP contribution in [0, 0.1) is 5.82 Å². The summed E-state index contributed by atoms with van der Waals surface area (Å²) in [7, 11) is 1.65. The molecule has 2 heterocycles. The second-order valence-corrected chi connectivity index (χ2v) is 8.38. The Kier molecular flexibility index (Phi) is 6.87. The molecule has 0 radical (unpaired) electrons. The topological polar surface area (TPSA) is 87.3 Å². The smallest absolute Gasteiger partial charge is 0.256 e. The molecule has 2 N–H and O–H groups in total. The van der Waals surface area contributed by atoms with Gasteiger partial charge in [-0.1, -0.05) is 30.0 Å². The van der Waals surface area contributed by atoms with Crippen molar-refractivity contribution in [2.24, 2.45) is 0 Å². The molecule has 0 bridgehead atoms. The van der Waals surface area contributed by atoms with Gasteiger partial charge in [-0.3, -0.25) is 14.5 Å². The lowest BCUT2D eigenvalue weighted by Gasteiger charge is -2.28. The van der Waals surface area contributed by atoms with Gasteiger partial charge < -0.3 is 15.0 Å². The second kappa shape index (κ2) is 9.97. The van der Waals surface area contributed by atoms with Crippen LogP contribution in [0.4, 0.5) is 10.1 Å². The van der Waals surface area contributed by atoms with Crippen molar-refractivity contribution in [3.05, 3.63) is 81.5 Å². The first-order valence-corrected chi connectivity index (χ1v) is 11.1. The Balaban J connectivity index is 1.38. The second-order valence-electron chi connectivity index (χ2n) is 7.41. The molecule has 0 spiro atoms. The van der Waals surface area contributed by atoms with Crippen molar-refractivity contribution in [1.82, 2.24) is 14.9 Å². The number of carbonyl (C=O) groups excluding carboxylic acids is 1. The van der Waals surface area contributed by atoms with Gasteiger partial charge in [0.15, 0.2) is 5.16 Å². The van der Waals surface area contributed by atoms with Gasteiger partial charge in [0.1, 0.15) is 11.6 Å². The number of aromatic nitrogens is 2. The first-order chi connectivity index (χ1) is 15.5. The first-order valence-electron chi connectivity index (χ1n) is 10.2. The highest BCUT2D eigenvalue weighted by Crippen LogP contribution is 2.23. The van der Waals surface area contributed by atoms with Crippen molar-refractivity contribution >= 4 is 23.4 Å². The lowest BCUT2D eigenvalue weighted by Crippen LogP contribution is -2.35. The van der Waals surface area contributed by atoms with E-state index in [2.05, 4.69) is 20.2 Å². The molecule has 9 heteroatoms. The van der Waals surface area contributed by atoms with Crippen molar-refractivity contribution in [2.45, 2.75) is 24.7 Å². The SMILES string of the molecule is COc1ccccc1CN1CCc2nc(SCC(=O)Nc3ccc(F)cc3)[nH]c(=O)c2C1. The zero-order chi connectivity index (χ0) is 22.5. The van der Waals surface area contributed by atoms with Gasteiger partial charge in [-0.15, -0.1) is 0 Å². The van der Waals surface area contributed by atoms with E-state index in [0.717, 1.165) is 35.3 Å². The minimum Gasteiger partial charge on any atom is -0.496 e. The summed E-state index contributed by atoms with van der Waals surface area (Å²) < 4.78 is 18.4. The molecular weight excluding hydrogens is 431 g/mol. The number of benzene rings is 2. The van der Waals surface area contributed by atoms with E-state index < -0.39 is 0 Å². The van der Waals surface area contributed by atoms with Gasteiger partial charge in [0.25, 0.3) is 5.56 Å². The number of rotatable bonds is 7. The highest BCUT2D eigenvalue weighted by molar-refractivity contribution is 7.99. The molecule has 1 aliphatic heterocycles. The Hall–Kier alpha value is -3.17. The zero-order valence-corrected chi connectivity index (χ0v) is 18.4. The van der Waals surface area contributed by atoms with Crippen LogP contribution in [0.25, 0.3) is 0 Å². The van der Waals surface area contributed by atoms with Gasteiger partial charge in [0.05, 0.1) is 24.1 Å². The Bertz CT molecular complexity index is 1170. The molecule has 3 aromatic rings. The fourth-order valence-electron chi connectivity index (χ4n) is 3.60. The summed E-state index contributed by atoms with van der Waals surface area (Å²) in [6.07, 6.45) is 0.656. The fourth-order valence-corrected chi connectivity index (χ4v) is 4.28. The van der Waals surface area contributed by atoms with Gasteiger partial charge in [0, 0.05) is 37.3 Å². The van der Waals surface area contributed by atoms with E-state index >= 15 is 0 Å². The van der Waals surface area contributed by atoms with E-state index in [1.165, 1.54) is 24.3 Å². The summed E-state index contributed by atoms with van der Waals surface area (Å²) in [5, 5.41) is 3.11. The molecule has 166 valence electrons. The summed E-state index contributed by atoms with van der Waals surface area (Å²) in [5.74, 6) is 0.287. The average Bonchev–Trinajstić information content (AvgIpc) is 2.80. The van der Waals surface area contributed by atoms with Crippen molar-refractivity contribution in [3.63, 3.8) is 0 Å². The minimum absolute atomic E-state index is 0.0824. The van der Waals surface area contributed by atoms with Gasteiger partial charge in [-0.05, 0) is 30.3 Å². The number of methoxy groups -OCH3 is 1. The first kappa shape index (κ1) is 22.0. The van der Waals surface area contributed by atoms with Crippen molar-refractivity contribution in [2.75, 3.05) is 24.7 Å². The van der Waals surface area contributed by atoms with Crippen molar-refractivity contribution in [1.29, 1.82) is 0 Å². The summed E-state index contributed by atoms with van der Waals surface area (Å²) in [6.45, 7) is 1.96. The number of amides is 1. The number of para-hydroxylation sites is 1. The number of halogens is 1. The van der Waals surface area contributed by atoms with Crippen LogP contribution in [0.3, 0.4) is 0 Å². The van der Waals surface area contributed by atoms with E-state index in [1.54, 1.807) is 7.11 Å². The molecule has 1 aliphatic rings. The van der Waals surface area contributed by atoms with E-state index in [9.17, 15) is 14.0 Å². The van der Waals surface area contributed by atoms with Gasteiger partial charge in [0.2, 0.25) is 5.91 Å². The largest absolute Gasteiger partial charge is 0.496 e. The number of nitrogens with one attached hydrogen (secondary N) is 2. The molecule has 0 saturated carbocycles. The maximum atomic E-state index is 13.0. The lowest BCUT2D eigenvalue weighted by atomic mass is 10.1. The van der Waals surface area contributed by atoms with Gasteiger partial charge >= 0.3 is 0 Å². The summed E-state index contributed by atoms with van der Waals surface area (Å²) in [6, 6.07) is 13.4. The molecule has 0 atom stereocenters. The van der Waals surface area contributed by atoms with E-state index in [-0.39, 0.29) is 23.0 Å². The zero-order valence-electron chi connectivity index (χ0n) is 17.6. The van der Waals surface area contributed by atoms with Crippen LogP contribution in [0.15, 0.2) is 58.5 Å². The monoisotopic (exact) mass is 454 g/mol. The standard InChI is InChI=1S/C23H23FN4O3S/c1-31-20-5-3-2-4-15(20)12-28-11-10-19-18(13-28)22(30)27-23(26-19)32-14-21(29)25-17-8-6-16(24)7-9-17/h2-9H,10-14H2,1H3,(H,25,29)(H,26,27,30). The summed E-state index contributed by atoms with van der Waals surface area (Å²) >= 11 is 1.16. The lowest BCUT2D eigenvalue weighted by molar-refractivity contribution is -0.113. The molecular formula is C23H23FN4O3S. The third-order valence-corrected chi connectivity index (χ3v) is 6.05. The van der Waals surface area contributed by atoms with Crippen molar-refractivity contribution < 1.29 is 13.9 Å². The number of fused-ring (bicyclic) bond motifs is 1. The molecule has 7 nitrogen and oxygen atoms in total. The van der Waals surface area contributed by atoms with Gasteiger partial charge in [-0.2, -0.15) is 0 Å². The number of H-pyrrole nitrogens is 1. The fraction of sp³-hybridized carbons (Fsp3) is 0.261. The van der Waals surface area contributed by atoms with Crippen LogP contribution in [-0.2, 0) is 24.3 Å². The normalized spacial score (nSPS) is 13.4. The quantitative estimate of drug-likeness (QED) is 0.421. The molecule has 0 unspecified atom stereocenters. The molecule has 1 aromatic heterocycles. The number of hydrogen-bond acceptors (Lipinski definition) is 6. The highest BCUT2D eigenvalue weighted by atomic mass is 32.2. The molecule has 0 aliphatic carbocycles. The van der Waals surface area contributed by atoms with E-state index in [4.69, 9.17) is 4.74 Å². The number of ether oxygens (including phenoxy) is 1. The highest BCUT2D eigenvalue weighted by Gasteiger charge is 2.22. The number of carbonyl (C=O) groups is 1. The number of nitrogens with zero attached hydrogens (tertiary/aromatic N) is 2. The molecule has 2 aromatic carbocycles. The molecule has 0 fully saturated rings. The van der Waals surface area contributed by atoms with Crippen LogP contribution < -0.4 is 15.6 Å². The molecule has 4 rings (SSSR count). The minimum atomic E-state index is -0.366.